The van der Waals surface area contributed by atoms with Crippen molar-refractivity contribution in [2.75, 3.05) is 23.8 Å². The molecular formula is C50H44N6O8. The van der Waals surface area contributed by atoms with Gasteiger partial charge < -0.3 is 30.3 Å². The third-order valence-corrected chi connectivity index (χ3v) is 10.3. The van der Waals surface area contributed by atoms with Crippen LogP contribution in [0.5, 0.6) is 11.5 Å². The second kappa shape index (κ2) is 19.6. The van der Waals surface area contributed by atoms with Gasteiger partial charge in [0, 0.05) is 22.1 Å². The molecule has 0 aromatic heterocycles. The Morgan fingerprint density at radius 3 is 1.33 bits per heavy atom. The summed E-state index contributed by atoms with van der Waals surface area (Å²) in [6.07, 6.45) is 0.938. The number of phenols is 2. The summed E-state index contributed by atoms with van der Waals surface area (Å²) < 4.78 is 10.1. The van der Waals surface area contributed by atoms with Gasteiger partial charge in [0.1, 0.15) is 11.4 Å². The van der Waals surface area contributed by atoms with Gasteiger partial charge in [0.25, 0.3) is 11.8 Å². The van der Waals surface area contributed by atoms with Crippen LogP contribution in [-0.4, -0.2) is 47.2 Å². The first-order valence-electron chi connectivity index (χ1n) is 20.7. The molecule has 2 amide bonds. The second-order valence-electron chi connectivity index (χ2n) is 14.4. The van der Waals surface area contributed by atoms with E-state index in [0.717, 1.165) is 0 Å². The molecule has 322 valence electrons. The molecule has 0 aliphatic rings. The highest BCUT2D eigenvalue weighted by atomic mass is 16.5. The number of azo groups is 2. The maximum absolute atomic E-state index is 14.1. The zero-order valence-electron chi connectivity index (χ0n) is 35.5. The summed E-state index contributed by atoms with van der Waals surface area (Å²) in [6, 6.07) is 33.7. The molecule has 0 radical (unpaired) electrons. The smallest absolute Gasteiger partial charge is 0.338 e. The summed E-state index contributed by atoms with van der Waals surface area (Å²) >= 11 is 0. The number of hydrogen-bond acceptors (Lipinski definition) is 12. The van der Waals surface area contributed by atoms with Gasteiger partial charge in [0.05, 0.1) is 46.8 Å². The molecular weight excluding hydrogens is 813 g/mol. The Balaban J connectivity index is 1.15. The number of nitrogens with one attached hydrogen (secondary N) is 2. The fourth-order valence-corrected chi connectivity index (χ4v) is 7.09. The van der Waals surface area contributed by atoms with E-state index in [1.165, 1.54) is 0 Å². The van der Waals surface area contributed by atoms with E-state index < -0.39 is 23.8 Å². The number of aryl methyl sites for hydroxylation is 2. The zero-order chi connectivity index (χ0) is 45.3. The largest absolute Gasteiger partial charge is 0.505 e. The summed E-state index contributed by atoms with van der Waals surface area (Å²) in [5.74, 6) is -2.85. The van der Waals surface area contributed by atoms with E-state index in [0.29, 0.717) is 79.4 Å². The molecule has 0 aliphatic heterocycles. The Morgan fingerprint density at radius 1 is 0.516 bits per heavy atom. The van der Waals surface area contributed by atoms with Crippen LogP contribution in [0.3, 0.4) is 0 Å². The van der Waals surface area contributed by atoms with Crippen LogP contribution in [0, 0.1) is 0 Å². The van der Waals surface area contributed by atoms with Crippen molar-refractivity contribution in [2.24, 2.45) is 20.5 Å². The molecule has 7 rings (SSSR count). The molecule has 7 aromatic rings. The SMILES string of the molecule is CCOC(=O)c1ccc(N=Nc2c(O)c(C(=O)Nc3cc(CC)c(NC(=O)c4cc5ccccc5c(N=Nc5ccc(C(=O)OCC)cc5)c4O)c(CC)c3)cc3ccccc23)cc1. The van der Waals surface area contributed by atoms with E-state index in [2.05, 4.69) is 31.1 Å². The van der Waals surface area contributed by atoms with Crippen molar-refractivity contribution < 1.29 is 38.9 Å². The second-order valence-corrected chi connectivity index (χ2v) is 14.4. The number of benzene rings is 7. The third-order valence-electron chi connectivity index (χ3n) is 10.3. The average molecular weight is 857 g/mol. The van der Waals surface area contributed by atoms with Gasteiger partial charge in [0.2, 0.25) is 0 Å². The molecule has 0 bridgehead atoms. The summed E-state index contributed by atoms with van der Waals surface area (Å²) in [6.45, 7) is 7.77. The van der Waals surface area contributed by atoms with Gasteiger partial charge in [-0.1, -0.05) is 62.4 Å². The van der Waals surface area contributed by atoms with Gasteiger partial charge >= 0.3 is 11.9 Å². The number of phenolic OH excluding ortho intramolecular Hbond substituents is 2. The predicted molar refractivity (Wildman–Crippen MR) is 245 cm³/mol. The lowest BCUT2D eigenvalue weighted by Crippen LogP contribution is -2.17. The van der Waals surface area contributed by atoms with E-state index >= 15 is 0 Å². The molecule has 4 N–H and O–H groups in total. The van der Waals surface area contributed by atoms with Crippen molar-refractivity contribution in [1.29, 1.82) is 0 Å². The molecule has 0 spiro atoms. The van der Waals surface area contributed by atoms with E-state index in [4.69, 9.17) is 9.47 Å². The average Bonchev–Trinajstić information content (AvgIpc) is 3.31. The highest BCUT2D eigenvalue weighted by molar-refractivity contribution is 6.14. The summed E-state index contributed by atoms with van der Waals surface area (Å²) in [5, 5.41) is 48.7. The zero-order valence-corrected chi connectivity index (χ0v) is 35.5. The van der Waals surface area contributed by atoms with E-state index in [1.54, 1.807) is 123 Å². The van der Waals surface area contributed by atoms with Crippen molar-refractivity contribution in [3.63, 3.8) is 0 Å². The Hall–Kier alpha value is -8.26. The van der Waals surface area contributed by atoms with E-state index in [9.17, 15) is 29.4 Å². The van der Waals surface area contributed by atoms with Crippen LogP contribution in [0.1, 0.15) is 80.3 Å². The Morgan fingerprint density at radius 2 is 0.922 bits per heavy atom. The Labute approximate surface area is 368 Å². The first-order chi connectivity index (χ1) is 31.0. The normalized spacial score (nSPS) is 11.3. The quantitative estimate of drug-likeness (QED) is 0.0611. The highest BCUT2D eigenvalue weighted by Gasteiger charge is 2.23. The maximum atomic E-state index is 14.1. The lowest BCUT2D eigenvalue weighted by atomic mass is 9.99. The van der Waals surface area contributed by atoms with Gasteiger partial charge in [-0.3, -0.25) is 9.59 Å². The standard InChI is InChI=1S/C50H44N6O8/c1-5-29-25-37(51-47(59)40-27-33-13-9-11-15-38(33)43(45(40)57)55-53-35-21-17-31(18-22-35)49(61)63-7-3)26-30(6-2)42(29)52-48(60)41-28-34-14-10-12-16-39(34)44(46(41)58)56-54-36-23-19-32(20-24-36)50(62)64-8-4/h9-28,57-58H,5-8H2,1-4H3,(H,51,59)(H,52,60). The minimum absolute atomic E-state index is 0.0276. The molecule has 0 heterocycles. The highest BCUT2D eigenvalue weighted by Crippen LogP contribution is 2.42. The number of nitrogens with zero attached hydrogens (tertiary/aromatic N) is 4. The monoisotopic (exact) mass is 856 g/mol. The topological polar surface area (TPSA) is 201 Å². The summed E-state index contributed by atoms with van der Waals surface area (Å²) in [7, 11) is 0. The number of aromatic hydroxyl groups is 2. The van der Waals surface area contributed by atoms with Crippen molar-refractivity contribution in [2.45, 2.75) is 40.5 Å². The summed E-state index contributed by atoms with van der Waals surface area (Å²) in [4.78, 5) is 52.3. The number of anilines is 2. The molecule has 0 saturated carbocycles. The lowest BCUT2D eigenvalue weighted by Gasteiger charge is -2.18. The van der Waals surface area contributed by atoms with Crippen molar-refractivity contribution in [3.05, 3.63) is 155 Å². The van der Waals surface area contributed by atoms with Gasteiger partial charge in [-0.15, -0.1) is 10.2 Å². The number of rotatable bonds is 14. The number of ether oxygens (including phenoxy) is 2. The molecule has 0 unspecified atom stereocenters. The van der Waals surface area contributed by atoms with Gasteiger partial charge in [-0.25, -0.2) is 9.59 Å². The van der Waals surface area contributed by atoms with Crippen molar-refractivity contribution in [3.8, 4) is 11.5 Å². The first kappa shape index (κ1) is 43.8. The van der Waals surface area contributed by atoms with E-state index in [1.807, 2.05) is 26.0 Å². The molecule has 7 aromatic carbocycles. The third kappa shape index (κ3) is 9.45. The molecule has 0 saturated heterocycles. The fraction of sp³-hybridized carbons (Fsp3) is 0.160. The number of esters is 2. The Bertz CT molecular complexity index is 2960. The van der Waals surface area contributed by atoms with Crippen LogP contribution in [0.25, 0.3) is 21.5 Å². The Kier molecular flexibility index (Phi) is 13.4. The van der Waals surface area contributed by atoms with Gasteiger partial charge in [-0.05, 0) is 121 Å². The maximum Gasteiger partial charge on any atom is 0.338 e. The van der Waals surface area contributed by atoms with E-state index in [-0.39, 0.29) is 47.2 Å². The molecule has 0 atom stereocenters. The number of hydrogen-bond donors (Lipinski definition) is 4. The van der Waals surface area contributed by atoms with Crippen molar-refractivity contribution in [1.82, 2.24) is 0 Å². The van der Waals surface area contributed by atoms with Crippen molar-refractivity contribution >= 4 is 79.4 Å². The minimum atomic E-state index is -0.600. The van der Waals surface area contributed by atoms with Crippen LogP contribution < -0.4 is 10.6 Å². The van der Waals surface area contributed by atoms with Crippen LogP contribution in [-0.2, 0) is 22.3 Å². The fourth-order valence-electron chi connectivity index (χ4n) is 7.09. The lowest BCUT2D eigenvalue weighted by molar-refractivity contribution is 0.0517. The van der Waals surface area contributed by atoms with Crippen LogP contribution in [0.4, 0.5) is 34.1 Å². The molecule has 14 nitrogen and oxygen atoms in total. The van der Waals surface area contributed by atoms with Crippen LogP contribution in [0.2, 0.25) is 0 Å². The molecule has 0 fully saturated rings. The van der Waals surface area contributed by atoms with Crippen LogP contribution >= 0.6 is 0 Å². The van der Waals surface area contributed by atoms with Gasteiger partial charge in [-0.2, -0.15) is 10.2 Å². The number of fused-ring (bicyclic) bond motifs is 2. The van der Waals surface area contributed by atoms with Crippen LogP contribution in [0.15, 0.2) is 142 Å². The molecule has 14 heteroatoms. The number of carbonyl (C=O) groups is 4. The van der Waals surface area contributed by atoms with Gasteiger partial charge in [0.15, 0.2) is 11.5 Å². The molecule has 0 aliphatic carbocycles. The molecule has 64 heavy (non-hydrogen) atoms. The number of amides is 2. The summed E-state index contributed by atoms with van der Waals surface area (Å²) in [5.41, 5.74) is 4.03. The minimum Gasteiger partial charge on any atom is -0.505 e. The predicted octanol–water partition coefficient (Wildman–Crippen LogP) is 12.2. The first-order valence-corrected chi connectivity index (χ1v) is 20.7. The number of carbonyl (C=O) groups excluding carboxylic acids is 4.